The highest BCUT2D eigenvalue weighted by atomic mass is 35.5. The van der Waals surface area contributed by atoms with Crippen LogP contribution in [0.5, 0.6) is 5.75 Å². The Balaban J connectivity index is 2.87. The van der Waals surface area contributed by atoms with E-state index >= 15 is 0 Å². The monoisotopic (exact) mass is 289 g/mol. The Kier molecular flexibility index (Phi) is 5.53. The summed E-state index contributed by atoms with van der Waals surface area (Å²) in [6.07, 6.45) is -1.21. The number of benzene rings is 1. The van der Waals surface area contributed by atoms with E-state index in [-0.39, 0.29) is 29.7 Å². The number of hydrogen-bond donors (Lipinski definition) is 1. The summed E-state index contributed by atoms with van der Waals surface area (Å²) in [6, 6.07) is 4.04. The molecule has 0 bridgehead atoms. The van der Waals surface area contributed by atoms with Crippen LogP contribution in [0, 0.1) is 10.1 Å². The number of nitrogens with zero attached hydrogens (tertiary/aromatic N) is 1. The molecule has 0 aliphatic rings. The highest BCUT2D eigenvalue weighted by molar-refractivity contribution is 6.32. The van der Waals surface area contributed by atoms with Crippen LogP contribution in [-0.4, -0.2) is 35.3 Å². The van der Waals surface area contributed by atoms with Crippen molar-refractivity contribution in [1.82, 2.24) is 0 Å². The van der Waals surface area contributed by atoms with Crippen molar-refractivity contribution in [3.63, 3.8) is 0 Å². The van der Waals surface area contributed by atoms with E-state index in [1.165, 1.54) is 18.2 Å². The molecule has 1 unspecified atom stereocenters. The quantitative estimate of drug-likeness (QED) is 0.609. The fraction of sp³-hybridized carbons (Fsp3) is 0.364. The maximum Gasteiger partial charge on any atom is 0.336 e. The molecular formula is C11H12ClNO6. The molecule has 1 atom stereocenters. The lowest BCUT2D eigenvalue weighted by molar-refractivity contribution is -0.385. The minimum Gasteiger partial charge on any atom is -0.482 e. The first kappa shape index (κ1) is 15.2. The average Bonchev–Trinajstić information content (AvgIpc) is 2.34. The summed E-state index contributed by atoms with van der Waals surface area (Å²) in [5.41, 5.74) is -0.326. The number of ether oxygens (including phenoxy) is 2. The smallest absolute Gasteiger partial charge is 0.336 e. The second kappa shape index (κ2) is 6.91. The molecule has 0 spiro atoms. The van der Waals surface area contributed by atoms with Crippen molar-refractivity contribution in [2.75, 3.05) is 13.2 Å². The number of hydrogen-bond acceptors (Lipinski definition) is 5. The van der Waals surface area contributed by atoms with Crippen LogP contribution in [-0.2, 0) is 9.53 Å². The van der Waals surface area contributed by atoms with Crippen molar-refractivity contribution in [1.29, 1.82) is 0 Å². The molecule has 0 radical (unpaired) electrons. The molecule has 0 aliphatic carbocycles. The molecule has 19 heavy (non-hydrogen) atoms. The highest BCUT2D eigenvalue weighted by Crippen LogP contribution is 2.34. The van der Waals surface area contributed by atoms with Crippen LogP contribution in [0.3, 0.4) is 0 Å². The van der Waals surface area contributed by atoms with Crippen LogP contribution in [0.4, 0.5) is 5.69 Å². The van der Waals surface area contributed by atoms with Crippen LogP contribution in [0.25, 0.3) is 0 Å². The molecule has 0 aromatic heterocycles. The number of aliphatic carboxylic acids is 1. The van der Waals surface area contributed by atoms with Crippen LogP contribution >= 0.6 is 11.6 Å². The van der Waals surface area contributed by atoms with Gasteiger partial charge in [0.1, 0.15) is 6.61 Å². The zero-order chi connectivity index (χ0) is 14.4. The molecule has 7 nitrogen and oxygen atoms in total. The minimum atomic E-state index is -1.21. The number of nitro benzene ring substituents is 1. The maximum absolute atomic E-state index is 10.8. The summed E-state index contributed by atoms with van der Waals surface area (Å²) in [6.45, 7) is 1.45. The third-order valence-corrected chi connectivity index (χ3v) is 2.46. The van der Waals surface area contributed by atoms with Crippen molar-refractivity contribution in [3.8, 4) is 5.75 Å². The van der Waals surface area contributed by atoms with E-state index in [0.717, 1.165) is 0 Å². The topological polar surface area (TPSA) is 98.9 Å². The SMILES string of the molecule is CCOC(COc1c(Cl)cccc1[N+](=O)[O-])C(=O)O. The molecular weight excluding hydrogens is 278 g/mol. The molecule has 0 saturated carbocycles. The lowest BCUT2D eigenvalue weighted by Crippen LogP contribution is -2.30. The molecule has 1 N–H and O–H groups in total. The van der Waals surface area contributed by atoms with Gasteiger partial charge < -0.3 is 14.6 Å². The zero-order valence-corrected chi connectivity index (χ0v) is 10.8. The van der Waals surface area contributed by atoms with Crippen molar-refractivity contribution >= 4 is 23.3 Å². The van der Waals surface area contributed by atoms with Crippen LogP contribution in [0.1, 0.15) is 6.92 Å². The van der Waals surface area contributed by atoms with Gasteiger partial charge in [0.15, 0.2) is 6.10 Å². The molecule has 0 aliphatic heterocycles. The van der Waals surface area contributed by atoms with Gasteiger partial charge in [-0.05, 0) is 13.0 Å². The van der Waals surface area contributed by atoms with Gasteiger partial charge in [-0.15, -0.1) is 0 Å². The van der Waals surface area contributed by atoms with Crippen molar-refractivity contribution in [2.24, 2.45) is 0 Å². The molecule has 1 aromatic rings. The van der Waals surface area contributed by atoms with E-state index in [9.17, 15) is 14.9 Å². The standard InChI is InChI=1S/C11H12ClNO6/c1-2-18-9(11(14)15)6-19-10-7(12)4-3-5-8(10)13(16)17/h3-5,9H,2,6H2,1H3,(H,14,15). The highest BCUT2D eigenvalue weighted by Gasteiger charge is 2.23. The molecule has 104 valence electrons. The fourth-order valence-corrected chi connectivity index (χ4v) is 1.56. The fourth-order valence-electron chi connectivity index (χ4n) is 1.34. The van der Waals surface area contributed by atoms with E-state index < -0.39 is 17.0 Å². The number of carbonyl (C=O) groups is 1. The second-order valence-electron chi connectivity index (χ2n) is 3.44. The Hall–Kier alpha value is -1.86. The van der Waals surface area contributed by atoms with Gasteiger partial charge in [0.05, 0.1) is 9.95 Å². The van der Waals surface area contributed by atoms with Crippen molar-refractivity contribution in [3.05, 3.63) is 33.3 Å². The Morgan fingerprint density at radius 3 is 2.79 bits per heavy atom. The zero-order valence-electron chi connectivity index (χ0n) is 10.0. The number of rotatable bonds is 7. The predicted octanol–water partition coefficient (Wildman–Crippen LogP) is 2.12. The first-order chi connectivity index (χ1) is 8.97. The van der Waals surface area contributed by atoms with Gasteiger partial charge in [-0.1, -0.05) is 17.7 Å². The Morgan fingerprint density at radius 1 is 1.58 bits per heavy atom. The number of nitro groups is 1. The normalized spacial score (nSPS) is 11.9. The van der Waals surface area contributed by atoms with Gasteiger partial charge in [0.2, 0.25) is 5.75 Å². The molecule has 0 fully saturated rings. The molecule has 0 heterocycles. The third-order valence-electron chi connectivity index (χ3n) is 2.17. The van der Waals surface area contributed by atoms with E-state index in [4.69, 9.17) is 26.2 Å². The van der Waals surface area contributed by atoms with E-state index in [1.807, 2.05) is 0 Å². The van der Waals surface area contributed by atoms with Gasteiger partial charge in [-0.25, -0.2) is 4.79 Å². The second-order valence-corrected chi connectivity index (χ2v) is 3.85. The molecule has 1 aromatic carbocycles. The number of carboxylic acids is 1. The molecule has 1 rings (SSSR count). The van der Waals surface area contributed by atoms with Crippen LogP contribution in [0.2, 0.25) is 5.02 Å². The van der Waals surface area contributed by atoms with Crippen molar-refractivity contribution in [2.45, 2.75) is 13.0 Å². The van der Waals surface area contributed by atoms with Crippen LogP contribution in [0.15, 0.2) is 18.2 Å². The largest absolute Gasteiger partial charge is 0.482 e. The average molecular weight is 290 g/mol. The summed E-state index contributed by atoms with van der Waals surface area (Å²) >= 11 is 5.80. The summed E-state index contributed by atoms with van der Waals surface area (Å²) in [5.74, 6) is -1.38. The van der Waals surface area contributed by atoms with E-state index in [0.29, 0.717) is 0 Å². The maximum atomic E-state index is 10.8. The van der Waals surface area contributed by atoms with Crippen LogP contribution < -0.4 is 4.74 Å². The summed E-state index contributed by atoms with van der Waals surface area (Å²) in [4.78, 5) is 21.0. The van der Waals surface area contributed by atoms with Crippen molar-refractivity contribution < 1.29 is 24.3 Å². The Bertz CT molecular complexity index is 478. The molecule has 8 heteroatoms. The lowest BCUT2D eigenvalue weighted by Gasteiger charge is -2.14. The lowest BCUT2D eigenvalue weighted by atomic mass is 10.3. The van der Waals surface area contributed by atoms with E-state index in [1.54, 1.807) is 6.92 Å². The first-order valence-electron chi connectivity index (χ1n) is 5.37. The number of carboxylic acid groups (broad SMARTS) is 1. The minimum absolute atomic E-state index is 0.0369. The Labute approximate surface area is 113 Å². The summed E-state index contributed by atoms with van der Waals surface area (Å²) in [5, 5.41) is 19.7. The molecule has 0 saturated heterocycles. The van der Waals surface area contributed by atoms with Gasteiger partial charge in [0, 0.05) is 12.7 Å². The van der Waals surface area contributed by atoms with Gasteiger partial charge in [-0.2, -0.15) is 0 Å². The third kappa shape index (κ3) is 4.08. The number of para-hydroxylation sites is 1. The Morgan fingerprint density at radius 2 is 2.26 bits per heavy atom. The van der Waals surface area contributed by atoms with E-state index in [2.05, 4.69) is 0 Å². The number of halogens is 1. The summed E-state index contributed by atoms with van der Waals surface area (Å²) in [7, 11) is 0. The van der Waals surface area contributed by atoms with Gasteiger partial charge in [0.25, 0.3) is 0 Å². The van der Waals surface area contributed by atoms with Gasteiger partial charge >= 0.3 is 11.7 Å². The van der Waals surface area contributed by atoms with Gasteiger partial charge in [-0.3, -0.25) is 10.1 Å². The molecule has 0 amide bonds. The first-order valence-corrected chi connectivity index (χ1v) is 5.75. The summed E-state index contributed by atoms with van der Waals surface area (Å²) < 4.78 is 10.1. The predicted molar refractivity (Wildman–Crippen MR) is 66.7 cm³/mol.